The number of carbonyl (C=O) groups is 1. The highest BCUT2D eigenvalue weighted by atomic mass is 35.5. The van der Waals surface area contributed by atoms with Crippen LogP contribution in [-0.4, -0.2) is 44.7 Å². The SMILES string of the molecule is Cc1cccnc1Nc1cc(CC2CCN(C(=O)CCCl)CC2)ncn1. The van der Waals surface area contributed by atoms with Crippen molar-refractivity contribution in [2.45, 2.75) is 32.6 Å². The van der Waals surface area contributed by atoms with E-state index < -0.39 is 0 Å². The highest BCUT2D eigenvalue weighted by molar-refractivity contribution is 6.18. The fraction of sp³-hybridized carbons (Fsp3) is 0.474. The Balaban J connectivity index is 1.56. The van der Waals surface area contributed by atoms with Crippen LogP contribution in [0.25, 0.3) is 0 Å². The molecule has 0 atom stereocenters. The van der Waals surface area contributed by atoms with Crippen LogP contribution in [0.15, 0.2) is 30.7 Å². The predicted molar refractivity (Wildman–Crippen MR) is 103 cm³/mol. The van der Waals surface area contributed by atoms with Crippen molar-refractivity contribution in [3.05, 3.63) is 42.0 Å². The van der Waals surface area contributed by atoms with Crippen LogP contribution < -0.4 is 5.32 Å². The van der Waals surface area contributed by atoms with Crippen molar-refractivity contribution in [1.82, 2.24) is 19.9 Å². The molecular formula is C19H24ClN5O. The van der Waals surface area contributed by atoms with Crippen LogP contribution in [0.2, 0.25) is 0 Å². The molecule has 0 bridgehead atoms. The van der Waals surface area contributed by atoms with Gasteiger partial charge in [0, 0.05) is 43.3 Å². The number of nitrogens with one attached hydrogen (secondary N) is 1. The van der Waals surface area contributed by atoms with Gasteiger partial charge in [0.15, 0.2) is 0 Å². The van der Waals surface area contributed by atoms with E-state index in [1.807, 2.05) is 30.0 Å². The molecule has 1 aliphatic heterocycles. The van der Waals surface area contributed by atoms with Crippen LogP contribution in [0.5, 0.6) is 0 Å². The molecule has 2 aromatic rings. The lowest BCUT2D eigenvalue weighted by atomic mass is 9.92. The summed E-state index contributed by atoms with van der Waals surface area (Å²) < 4.78 is 0. The van der Waals surface area contributed by atoms with E-state index in [1.165, 1.54) is 0 Å². The normalized spacial score (nSPS) is 15.1. The molecule has 3 heterocycles. The Hall–Kier alpha value is -2.21. The summed E-state index contributed by atoms with van der Waals surface area (Å²) in [5, 5.41) is 3.26. The lowest BCUT2D eigenvalue weighted by Gasteiger charge is -2.31. The average molecular weight is 374 g/mol. The first-order valence-corrected chi connectivity index (χ1v) is 9.52. The number of halogens is 1. The molecule has 0 aromatic carbocycles. The number of aryl methyl sites for hydroxylation is 1. The van der Waals surface area contributed by atoms with Gasteiger partial charge in [0.05, 0.1) is 0 Å². The van der Waals surface area contributed by atoms with Gasteiger partial charge in [-0.2, -0.15) is 0 Å². The molecule has 1 saturated heterocycles. The third-order valence-electron chi connectivity index (χ3n) is 4.75. The molecule has 6 nitrogen and oxygen atoms in total. The molecule has 0 spiro atoms. The summed E-state index contributed by atoms with van der Waals surface area (Å²) in [7, 11) is 0. The largest absolute Gasteiger partial charge is 0.343 e. The number of nitrogens with zero attached hydrogens (tertiary/aromatic N) is 4. The standard InChI is InChI=1S/C19H24ClN5O/c1-14-3-2-8-21-19(14)24-17-12-16(22-13-23-17)11-15-5-9-25(10-6-15)18(26)4-7-20/h2-3,8,12-13,15H,4-7,9-11H2,1H3,(H,21,22,23,24). The zero-order chi connectivity index (χ0) is 18.4. The highest BCUT2D eigenvalue weighted by Gasteiger charge is 2.23. The third kappa shape index (κ3) is 4.91. The number of hydrogen-bond acceptors (Lipinski definition) is 5. The number of amides is 1. The Morgan fingerprint density at radius 3 is 2.85 bits per heavy atom. The molecule has 1 aliphatic rings. The quantitative estimate of drug-likeness (QED) is 0.786. The van der Waals surface area contributed by atoms with E-state index in [0.29, 0.717) is 18.2 Å². The number of carbonyl (C=O) groups excluding carboxylic acids is 1. The molecule has 1 N–H and O–H groups in total. The second-order valence-electron chi connectivity index (χ2n) is 6.66. The molecule has 138 valence electrons. The number of piperidine rings is 1. The first kappa shape index (κ1) is 18.6. The Morgan fingerprint density at radius 2 is 2.12 bits per heavy atom. The average Bonchev–Trinajstić information content (AvgIpc) is 2.65. The minimum Gasteiger partial charge on any atom is -0.343 e. The second kappa shape index (κ2) is 8.94. The number of anilines is 2. The Kier molecular flexibility index (Phi) is 6.39. The summed E-state index contributed by atoms with van der Waals surface area (Å²) in [6.07, 6.45) is 6.68. The molecule has 3 rings (SSSR count). The maximum Gasteiger partial charge on any atom is 0.223 e. The van der Waals surface area contributed by atoms with Gasteiger partial charge in [0.2, 0.25) is 5.91 Å². The maximum atomic E-state index is 11.9. The second-order valence-corrected chi connectivity index (χ2v) is 7.03. The van der Waals surface area contributed by atoms with Crippen LogP contribution >= 0.6 is 11.6 Å². The number of hydrogen-bond donors (Lipinski definition) is 1. The van der Waals surface area contributed by atoms with Crippen molar-refractivity contribution in [1.29, 1.82) is 0 Å². The maximum absolute atomic E-state index is 11.9. The van der Waals surface area contributed by atoms with E-state index >= 15 is 0 Å². The van der Waals surface area contributed by atoms with E-state index in [4.69, 9.17) is 11.6 Å². The fourth-order valence-corrected chi connectivity index (χ4v) is 3.40. The molecule has 1 fully saturated rings. The van der Waals surface area contributed by atoms with Gasteiger partial charge in [-0.1, -0.05) is 6.07 Å². The zero-order valence-corrected chi connectivity index (χ0v) is 15.7. The summed E-state index contributed by atoms with van der Waals surface area (Å²) in [5.74, 6) is 2.66. The van der Waals surface area contributed by atoms with Crippen molar-refractivity contribution in [2.24, 2.45) is 5.92 Å². The zero-order valence-electron chi connectivity index (χ0n) is 15.0. The Bertz CT molecular complexity index is 746. The van der Waals surface area contributed by atoms with Gasteiger partial charge in [0.1, 0.15) is 18.0 Å². The topological polar surface area (TPSA) is 71.0 Å². The summed E-state index contributed by atoms with van der Waals surface area (Å²) in [5.41, 5.74) is 2.09. The number of likely N-dealkylation sites (tertiary alicyclic amines) is 1. The van der Waals surface area contributed by atoms with Gasteiger partial charge >= 0.3 is 0 Å². The Morgan fingerprint density at radius 1 is 1.31 bits per heavy atom. The van der Waals surface area contributed by atoms with Crippen LogP contribution in [0.1, 0.15) is 30.5 Å². The number of pyridine rings is 1. The molecular weight excluding hydrogens is 350 g/mol. The molecule has 26 heavy (non-hydrogen) atoms. The Labute approximate surface area is 159 Å². The van der Waals surface area contributed by atoms with Crippen LogP contribution in [0, 0.1) is 12.8 Å². The smallest absolute Gasteiger partial charge is 0.223 e. The number of alkyl halides is 1. The third-order valence-corrected chi connectivity index (χ3v) is 4.94. The van der Waals surface area contributed by atoms with E-state index in [9.17, 15) is 4.79 Å². The number of aromatic nitrogens is 3. The summed E-state index contributed by atoms with van der Waals surface area (Å²) >= 11 is 5.66. The van der Waals surface area contributed by atoms with Gasteiger partial charge in [-0.3, -0.25) is 4.79 Å². The van der Waals surface area contributed by atoms with E-state index in [2.05, 4.69) is 20.3 Å². The van der Waals surface area contributed by atoms with E-state index in [-0.39, 0.29) is 5.91 Å². The summed E-state index contributed by atoms with van der Waals surface area (Å²) in [4.78, 5) is 26.9. The minimum atomic E-state index is 0.165. The summed E-state index contributed by atoms with van der Waals surface area (Å²) in [6.45, 7) is 3.63. The summed E-state index contributed by atoms with van der Waals surface area (Å²) in [6, 6.07) is 5.91. The van der Waals surface area contributed by atoms with Gasteiger partial charge in [-0.05, 0) is 43.7 Å². The van der Waals surface area contributed by atoms with Crippen molar-refractivity contribution in [3.63, 3.8) is 0 Å². The van der Waals surface area contributed by atoms with Gasteiger partial charge in [-0.25, -0.2) is 15.0 Å². The molecule has 0 radical (unpaired) electrons. The van der Waals surface area contributed by atoms with Gasteiger partial charge in [0.25, 0.3) is 0 Å². The monoisotopic (exact) mass is 373 g/mol. The van der Waals surface area contributed by atoms with Crippen LogP contribution in [0.3, 0.4) is 0 Å². The van der Waals surface area contributed by atoms with Crippen molar-refractivity contribution >= 4 is 29.1 Å². The highest BCUT2D eigenvalue weighted by Crippen LogP contribution is 2.23. The molecule has 2 aromatic heterocycles. The fourth-order valence-electron chi connectivity index (χ4n) is 3.24. The molecule has 1 amide bonds. The van der Waals surface area contributed by atoms with Crippen LogP contribution in [0.4, 0.5) is 11.6 Å². The first-order chi connectivity index (χ1) is 12.7. The van der Waals surface area contributed by atoms with Crippen molar-refractivity contribution in [2.75, 3.05) is 24.3 Å². The molecule has 0 saturated carbocycles. The van der Waals surface area contributed by atoms with Gasteiger partial charge in [-0.15, -0.1) is 11.6 Å². The lowest BCUT2D eigenvalue weighted by molar-refractivity contribution is -0.132. The lowest BCUT2D eigenvalue weighted by Crippen LogP contribution is -2.39. The van der Waals surface area contributed by atoms with Crippen molar-refractivity contribution in [3.8, 4) is 0 Å². The van der Waals surface area contributed by atoms with Gasteiger partial charge < -0.3 is 10.2 Å². The first-order valence-electron chi connectivity index (χ1n) is 8.99. The van der Waals surface area contributed by atoms with E-state index in [1.54, 1.807) is 12.5 Å². The predicted octanol–water partition coefficient (Wildman–Crippen LogP) is 3.33. The van der Waals surface area contributed by atoms with E-state index in [0.717, 1.165) is 55.2 Å². The van der Waals surface area contributed by atoms with Crippen LogP contribution in [-0.2, 0) is 11.2 Å². The minimum absolute atomic E-state index is 0.165. The molecule has 7 heteroatoms. The molecule has 0 unspecified atom stereocenters. The van der Waals surface area contributed by atoms with Crippen molar-refractivity contribution < 1.29 is 4.79 Å². The molecule has 0 aliphatic carbocycles. The number of rotatable bonds is 6.